The number of amides is 2. The molecule has 0 saturated heterocycles. The first-order valence-corrected chi connectivity index (χ1v) is 7.46. The molecule has 6 heteroatoms. The Balaban J connectivity index is 2.19. The number of benzene rings is 2. The molecule has 2 amide bonds. The molecule has 0 aromatic heterocycles. The van der Waals surface area contributed by atoms with Gasteiger partial charge in [0.25, 0.3) is 5.91 Å². The molecule has 0 aliphatic rings. The van der Waals surface area contributed by atoms with Gasteiger partial charge in [0.2, 0.25) is 5.91 Å². The van der Waals surface area contributed by atoms with E-state index in [1.54, 1.807) is 50.2 Å². The number of carbonyl (C=O) groups excluding carboxylic acids is 2. The van der Waals surface area contributed by atoms with Gasteiger partial charge in [0.15, 0.2) is 0 Å². The average Bonchev–Trinajstić information content (AvgIpc) is 2.56. The highest BCUT2D eigenvalue weighted by Crippen LogP contribution is 2.22. The van der Waals surface area contributed by atoms with Crippen molar-refractivity contribution in [3.8, 4) is 0 Å². The van der Waals surface area contributed by atoms with Crippen LogP contribution in [0.3, 0.4) is 0 Å². The number of carboxylic acids is 1. The Hall–Kier alpha value is -3.15. The van der Waals surface area contributed by atoms with Crippen molar-refractivity contribution in [2.24, 2.45) is 0 Å². The van der Waals surface area contributed by atoms with E-state index in [4.69, 9.17) is 0 Å². The van der Waals surface area contributed by atoms with Gasteiger partial charge in [0.1, 0.15) is 0 Å². The van der Waals surface area contributed by atoms with Crippen LogP contribution in [0.15, 0.2) is 42.5 Å². The zero-order valence-electron chi connectivity index (χ0n) is 13.4. The molecular weight excluding hydrogens is 308 g/mol. The first-order chi connectivity index (χ1) is 11.4. The van der Waals surface area contributed by atoms with Gasteiger partial charge in [0, 0.05) is 17.7 Å². The van der Waals surface area contributed by atoms with Crippen molar-refractivity contribution in [2.75, 3.05) is 10.6 Å². The van der Waals surface area contributed by atoms with Crippen LogP contribution < -0.4 is 10.6 Å². The van der Waals surface area contributed by atoms with Crippen LogP contribution >= 0.6 is 0 Å². The van der Waals surface area contributed by atoms with Crippen LogP contribution in [0.5, 0.6) is 0 Å². The van der Waals surface area contributed by atoms with E-state index in [1.807, 2.05) is 0 Å². The first-order valence-electron chi connectivity index (χ1n) is 7.46. The van der Waals surface area contributed by atoms with Gasteiger partial charge in [-0.2, -0.15) is 0 Å². The van der Waals surface area contributed by atoms with E-state index in [0.29, 0.717) is 23.2 Å². The van der Waals surface area contributed by atoms with Gasteiger partial charge in [-0.15, -0.1) is 0 Å². The SMILES string of the molecule is CCC(=O)Nc1ccc(C(=O)Nc2c(C)cccc2C(=O)O)cc1. The third kappa shape index (κ3) is 3.98. The van der Waals surface area contributed by atoms with Gasteiger partial charge in [-0.25, -0.2) is 4.79 Å². The van der Waals surface area contributed by atoms with Gasteiger partial charge in [0.05, 0.1) is 11.3 Å². The summed E-state index contributed by atoms with van der Waals surface area (Å²) in [4.78, 5) is 34.9. The largest absolute Gasteiger partial charge is 0.478 e. The molecule has 0 heterocycles. The van der Waals surface area contributed by atoms with Crippen LogP contribution in [0.1, 0.15) is 39.6 Å². The molecule has 0 bridgehead atoms. The molecule has 0 aliphatic carbocycles. The number of rotatable bonds is 5. The Morgan fingerprint density at radius 1 is 1.00 bits per heavy atom. The van der Waals surface area contributed by atoms with Crippen LogP contribution in [0.2, 0.25) is 0 Å². The lowest BCUT2D eigenvalue weighted by molar-refractivity contribution is -0.115. The monoisotopic (exact) mass is 326 g/mol. The lowest BCUT2D eigenvalue weighted by Crippen LogP contribution is -2.16. The minimum Gasteiger partial charge on any atom is -0.478 e. The highest BCUT2D eigenvalue weighted by atomic mass is 16.4. The van der Waals surface area contributed by atoms with E-state index in [0.717, 1.165) is 0 Å². The molecule has 2 rings (SSSR count). The summed E-state index contributed by atoms with van der Waals surface area (Å²) in [6.07, 6.45) is 0.369. The molecule has 0 spiro atoms. The van der Waals surface area contributed by atoms with E-state index in [9.17, 15) is 19.5 Å². The van der Waals surface area contributed by atoms with Gasteiger partial charge in [-0.3, -0.25) is 9.59 Å². The number of hydrogen-bond donors (Lipinski definition) is 3. The molecule has 24 heavy (non-hydrogen) atoms. The maximum Gasteiger partial charge on any atom is 0.337 e. The zero-order chi connectivity index (χ0) is 17.7. The van der Waals surface area contributed by atoms with Crippen LogP contribution in [0.25, 0.3) is 0 Å². The Kier molecular flexibility index (Phi) is 5.31. The summed E-state index contributed by atoms with van der Waals surface area (Å²) in [5, 5.41) is 14.6. The third-order valence-electron chi connectivity index (χ3n) is 3.49. The highest BCUT2D eigenvalue weighted by molar-refractivity contribution is 6.08. The summed E-state index contributed by atoms with van der Waals surface area (Å²) in [5.74, 6) is -1.63. The Morgan fingerprint density at radius 3 is 2.25 bits per heavy atom. The second kappa shape index (κ2) is 7.41. The summed E-state index contributed by atoms with van der Waals surface area (Å²) in [6, 6.07) is 11.2. The molecule has 0 atom stereocenters. The molecule has 0 fully saturated rings. The predicted octanol–water partition coefficient (Wildman–Crippen LogP) is 3.29. The average molecular weight is 326 g/mol. The Labute approximate surface area is 139 Å². The van der Waals surface area contributed by atoms with Crippen molar-refractivity contribution in [3.05, 3.63) is 59.2 Å². The second-order valence-corrected chi connectivity index (χ2v) is 5.24. The number of para-hydroxylation sites is 1. The number of aryl methyl sites for hydroxylation is 1. The van der Waals surface area contributed by atoms with E-state index in [1.165, 1.54) is 6.07 Å². The summed E-state index contributed by atoms with van der Waals surface area (Å²) in [5.41, 5.74) is 1.94. The molecule has 0 unspecified atom stereocenters. The van der Waals surface area contributed by atoms with Crippen molar-refractivity contribution in [1.29, 1.82) is 0 Å². The van der Waals surface area contributed by atoms with Crippen molar-refractivity contribution in [1.82, 2.24) is 0 Å². The first kappa shape index (κ1) is 17.2. The fourth-order valence-corrected chi connectivity index (χ4v) is 2.15. The minimum atomic E-state index is -1.10. The van der Waals surface area contributed by atoms with Gasteiger partial charge < -0.3 is 15.7 Å². The number of nitrogens with one attached hydrogen (secondary N) is 2. The van der Waals surface area contributed by atoms with Gasteiger partial charge in [-0.1, -0.05) is 19.1 Å². The topological polar surface area (TPSA) is 95.5 Å². The summed E-state index contributed by atoms with van der Waals surface area (Å²) in [6.45, 7) is 3.48. The Morgan fingerprint density at radius 2 is 1.67 bits per heavy atom. The van der Waals surface area contributed by atoms with E-state index >= 15 is 0 Å². The molecule has 3 N–H and O–H groups in total. The minimum absolute atomic E-state index is 0.0372. The van der Waals surface area contributed by atoms with E-state index in [-0.39, 0.29) is 17.2 Å². The maximum atomic E-state index is 12.3. The highest BCUT2D eigenvalue weighted by Gasteiger charge is 2.15. The molecule has 2 aromatic carbocycles. The Bertz CT molecular complexity index is 782. The normalized spacial score (nSPS) is 10.1. The van der Waals surface area contributed by atoms with Crippen molar-refractivity contribution in [3.63, 3.8) is 0 Å². The molecular formula is C18H18N2O4. The van der Waals surface area contributed by atoms with Gasteiger partial charge in [-0.05, 0) is 42.8 Å². The quantitative estimate of drug-likeness (QED) is 0.785. The lowest BCUT2D eigenvalue weighted by atomic mass is 10.1. The fourth-order valence-electron chi connectivity index (χ4n) is 2.15. The number of carboxylic acid groups (broad SMARTS) is 1. The van der Waals surface area contributed by atoms with Crippen molar-refractivity contribution in [2.45, 2.75) is 20.3 Å². The lowest BCUT2D eigenvalue weighted by Gasteiger charge is -2.12. The number of anilines is 2. The van der Waals surface area contributed by atoms with Crippen LogP contribution in [0, 0.1) is 6.92 Å². The molecule has 0 aliphatic heterocycles. The van der Waals surface area contributed by atoms with Crippen molar-refractivity contribution >= 4 is 29.2 Å². The number of aromatic carboxylic acids is 1. The van der Waals surface area contributed by atoms with Crippen LogP contribution in [-0.2, 0) is 4.79 Å². The molecule has 6 nitrogen and oxygen atoms in total. The van der Waals surface area contributed by atoms with E-state index in [2.05, 4.69) is 10.6 Å². The molecule has 2 aromatic rings. The van der Waals surface area contributed by atoms with Gasteiger partial charge >= 0.3 is 5.97 Å². The smallest absolute Gasteiger partial charge is 0.337 e. The molecule has 124 valence electrons. The van der Waals surface area contributed by atoms with Crippen molar-refractivity contribution < 1.29 is 19.5 Å². The standard InChI is InChI=1S/C18H18N2O4/c1-3-15(21)19-13-9-7-12(8-10-13)17(22)20-16-11(2)5-4-6-14(16)18(23)24/h4-10H,3H2,1-2H3,(H,19,21)(H,20,22)(H,23,24). The zero-order valence-corrected chi connectivity index (χ0v) is 13.4. The molecule has 0 radical (unpaired) electrons. The summed E-state index contributed by atoms with van der Waals surface area (Å²) < 4.78 is 0. The fraction of sp³-hybridized carbons (Fsp3) is 0.167. The third-order valence-corrected chi connectivity index (χ3v) is 3.49. The number of hydrogen-bond acceptors (Lipinski definition) is 3. The second-order valence-electron chi connectivity index (χ2n) is 5.24. The molecule has 0 saturated carbocycles. The summed E-state index contributed by atoms with van der Waals surface area (Å²) >= 11 is 0. The van der Waals surface area contributed by atoms with E-state index < -0.39 is 11.9 Å². The summed E-state index contributed by atoms with van der Waals surface area (Å²) in [7, 11) is 0. The number of carbonyl (C=O) groups is 3. The van der Waals surface area contributed by atoms with Crippen LogP contribution in [0.4, 0.5) is 11.4 Å². The van der Waals surface area contributed by atoms with Crippen LogP contribution in [-0.4, -0.2) is 22.9 Å². The predicted molar refractivity (Wildman–Crippen MR) is 91.5 cm³/mol. The maximum absolute atomic E-state index is 12.3.